The van der Waals surface area contributed by atoms with Gasteiger partial charge in [-0.1, -0.05) is 13.8 Å². The molecule has 0 aliphatic carbocycles. The third kappa shape index (κ3) is 2.26. The molecule has 0 radical (unpaired) electrons. The van der Waals surface area contributed by atoms with Crippen molar-refractivity contribution in [3.05, 3.63) is 27.4 Å². The van der Waals surface area contributed by atoms with Crippen LogP contribution in [0, 0.1) is 5.92 Å². The standard InChI is InChI=1S/C11H17N3O/c1-7(2)5-10-13-9-6-12-4-3-8(9)11(15)14-10/h7,12H,3-6H2,1-2H3,(H,13,14,15). The van der Waals surface area contributed by atoms with Crippen LogP contribution in [0.2, 0.25) is 0 Å². The quantitative estimate of drug-likeness (QED) is 0.747. The van der Waals surface area contributed by atoms with Crippen molar-refractivity contribution < 1.29 is 0 Å². The van der Waals surface area contributed by atoms with E-state index in [9.17, 15) is 4.79 Å². The number of nitrogens with zero attached hydrogens (tertiary/aromatic N) is 1. The van der Waals surface area contributed by atoms with Crippen LogP contribution in [-0.4, -0.2) is 16.5 Å². The maximum absolute atomic E-state index is 11.7. The first-order chi connectivity index (χ1) is 7.16. The van der Waals surface area contributed by atoms with Gasteiger partial charge < -0.3 is 10.3 Å². The van der Waals surface area contributed by atoms with E-state index in [0.29, 0.717) is 5.92 Å². The smallest absolute Gasteiger partial charge is 0.254 e. The third-order valence-electron chi connectivity index (χ3n) is 2.60. The predicted octanol–water partition coefficient (Wildman–Crippen LogP) is 0.614. The zero-order valence-corrected chi connectivity index (χ0v) is 9.26. The van der Waals surface area contributed by atoms with E-state index in [2.05, 4.69) is 29.1 Å². The number of aromatic amines is 1. The number of hydrogen-bond donors (Lipinski definition) is 2. The molecule has 4 heteroatoms. The van der Waals surface area contributed by atoms with Crippen molar-refractivity contribution in [2.24, 2.45) is 5.92 Å². The molecule has 0 amide bonds. The Morgan fingerprint density at radius 1 is 1.47 bits per heavy atom. The summed E-state index contributed by atoms with van der Waals surface area (Å²) in [4.78, 5) is 19.1. The van der Waals surface area contributed by atoms with Gasteiger partial charge in [-0.05, 0) is 18.9 Å². The molecule has 1 aliphatic heterocycles. The molecular weight excluding hydrogens is 190 g/mol. The van der Waals surface area contributed by atoms with Crippen molar-refractivity contribution in [1.82, 2.24) is 15.3 Å². The van der Waals surface area contributed by atoms with Crippen LogP contribution in [0.5, 0.6) is 0 Å². The summed E-state index contributed by atoms with van der Waals surface area (Å²) in [5.74, 6) is 1.33. The van der Waals surface area contributed by atoms with Crippen molar-refractivity contribution in [2.75, 3.05) is 6.54 Å². The fourth-order valence-electron chi connectivity index (χ4n) is 1.90. The summed E-state index contributed by atoms with van der Waals surface area (Å²) in [6.07, 6.45) is 1.63. The molecule has 0 saturated heterocycles. The second-order valence-corrected chi connectivity index (χ2v) is 4.46. The lowest BCUT2D eigenvalue weighted by Crippen LogP contribution is -2.32. The molecule has 0 bridgehead atoms. The van der Waals surface area contributed by atoms with Gasteiger partial charge in [-0.15, -0.1) is 0 Å². The number of fused-ring (bicyclic) bond motifs is 1. The lowest BCUT2D eigenvalue weighted by Gasteiger charge is -2.16. The molecule has 2 N–H and O–H groups in total. The summed E-state index contributed by atoms with van der Waals surface area (Å²) in [7, 11) is 0. The predicted molar refractivity (Wildman–Crippen MR) is 58.8 cm³/mol. The molecule has 4 nitrogen and oxygen atoms in total. The van der Waals surface area contributed by atoms with Crippen LogP contribution >= 0.6 is 0 Å². The van der Waals surface area contributed by atoms with Crippen LogP contribution in [0.3, 0.4) is 0 Å². The zero-order chi connectivity index (χ0) is 10.8. The zero-order valence-electron chi connectivity index (χ0n) is 9.26. The molecule has 1 aromatic heterocycles. The Hall–Kier alpha value is -1.16. The first-order valence-corrected chi connectivity index (χ1v) is 5.48. The molecule has 2 heterocycles. The van der Waals surface area contributed by atoms with Crippen LogP contribution in [0.1, 0.15) is 30.9 Å². The van der Waals surface area contributed by atoms with Crippen LogP contribution in [0.4, 0.5) is 0 Å². The van der Waals surface area contributed by atoms with Gasteiger partial charge in [-0.25, -0.2) is 4.98 Å². The minimum atomic E-state index is 0.0529. The monoisotopic (exact) mass is 207 g/mol. The fraction of sp³-hybridized carbons (Fsp3) is 0.636. The van der Waals surface area contributed by atoms with Gasteiger partial charge >= 0.3 is 0 Å². The Bertz CT molecular complexity index is 409. The average Bonchev–Trinajstić information content (AvgIpc) is 2.16. The van der Waals surface area contributed by atoms with Crippen molar-refractivity contribution in [1.29, 1.82) is 0 Å². The number of H-pyrrole nitrogens is 1. The summed E-state index contributed by atoms with van der Waals surface area (Å²) < 4.78 is 0. The van der Waals surface area contributed by atoms with Gasteiger partial charge in [0.1, 0.15) is 5.82 Å². The van der Waals surface area contributed by atoms with E-state index >= 15 is 0 Å². The van der Waals surface area contributed by atoms with Crippen molar-refractivity contribution >= 4 is 0 Å². The maximum atomic E-state index is 11.7. The summed E-state index contributed by atoms with van der Waals surface area (Å²) in [6, 6.07) is 0. The van der Waals surface area contributed by atoms with Gasteiger partial charge in [0, 0.05) is 18.5 Å². The maximum Gasteiger partial charge on any atom is 0.254 e. The van der Waals surface area contributed by atoms with Crippen LogP contribution in [0.15, 0.2) is 4.79 Å². The second kappa shape index (κ2) is 4.14. The fourth-order valence-corrected chi connectivity index (χ4v) is 1.90. The average molecular weight is 207 g/mol. The van der Waals surface area contributed by atoms with Gasteiger partial charge in [-0.3, -0.25) is 4.79 Å². The van der Waals surface area contributed by atoms with Gasteiger partial charge in [0.25, 0.3) is 5.56 Å². The molecule has 0 saturated carbocycles. The molecule has 82 valence electrons. The first-order valence-electron chi connectivity index (χ1n) is 5.48. The number of rotatable bonds is 2. The summed E-state index contributed by atoms with van der Waals surface area (Å²) >= 11 is 0. The third-order valence-corrected chi connectivity index (χ3v) is 2.60. The van der Waals surface area contributed by atoms with E-state index in [0.717, 1.165) is 43.0 Å². The molecule has 0 aromatic carbocycles. The molecule has 15 heavy (non-hydrogen) atoms. The number of hydrogen-bond acceptors (Lipinski definition) is 3. The summed E-state index contributed by atoms with van der Waals surface area (Å²) in [5.41, 5.74) is 1.85. The van der Waals surface area contributed by atoms with Crippen LogP contribution in [-0.2, 0) is 19.4 Å². The van der Waals surface area contributed by atoms with Gasteiger partial charge in [0.15, 0.2) is 0 Å². The summed E-state index contributed by atoms with van der Waals surface area (Å²) in [6.45, 7) is 5.85. The lowest BCUT2D eigenvalue weighted by molar-refractivity contribution is 0.583. The highest BCUT2D eigenvalue weighted by atomic mass is 16.1. The van der Waals surface area contributed by atoms with E-state index in [1.807, 2.05) is 0 Å². The Morgan fingerprint density at radius 3 is 3.00 bits per heavy atom. The Morgan fingerprint density at radius 2 is 2.27 bits per heavy atom. The van der Waals surface area contributed by atoms with Crippen molar-refractivity contribution in [3.8, 4) is 0 Å². The highest BCUT2D eigenvalue weighted by Crippen LogP contribution is 2.08. The highest BCUT2D eigenvalue weighted by Gasteiger charge is 2.15. The second-order valence-electron chi connectivity index (χ2n) is 4.46. The normalized spacial score (nSPS) is 15.4. The Kier molecular flexibility index (Phi) is 2.86. The molecule has 0 spiro atoms. The van der Waals surface area contributed by atoms with E-state index in [1.54, 1.807) is 0 Å². The van der Waals surface area contributed by atoms with E-state index < -0.39 is 0 Å². The van der Waals surface area contributed by atoms with Crippen LogP contribution < -0.4 is 10.9 Å². The minimum absolute atomic E-state index is 0.0529. The largest absolute Gasteiger partial charge is 0.311 e. The number of nitrogens with one attached hydrogen (secondary N) is 2. The van der Waals surface area contributed by atoms with E-state index in [4.69, 9.17) is 0 Å². The molecule has 1 aliphatic rings. The lowest BCUT2D eigenvalue weighted by atomic mass is 10.1. The Balaban J connectivity index is 2.36. The molecule has 0 unspecified atom stereocenters. The van der Waals surface area contributed by atoms with E-state index in [1.165, 1.54) is 0 Å². The highest BCUT2D eigenvalue weighted by molar-refractivity contribution is 5.20. The van der Waals surface area contributed by atoms with Crippen molar-refractivity contribution in [2.45, 2.75) is 33.2 Å². The molecule has 0 fully saturated rings. The SMILES string of the molecule is CC(C)Cc1nc2c(c(=O)[nH]1)CCNC2. The van der Waals surface area contributed by atoms with Gasteiger partial charge in [0.2, 0.25) is 0 Å². The first kappa shape index (κ1) is 10.4. The van der Waals surface area contributed by atoms with E-state index in [-0.39, 0.29) is 5.56 Å². The molecule has 2 rings (SSSR count). The molecule has 1 aromatic rings. The molecular formula is C11H17N3O. The number of aromatic nitrogens is 2. The van der Waals surface area contributed by atoms with Gasteiger partial charge in [0.05, 0.1) is 5.69 Å². The van der Waals surface area contributed by atoms with Crippen LogP contribution in [0.25, 0.3) is 0 Å². The Labute approximate surface area is 89.1 Å². The summed E-state index contributed by atoms with van der Waals surface area (Å²) in [5, 5.41) is 3.23. The van der Waals surface area contributed by atoms with Crippen molar-refractivity contribution in [3.63, 3.8) is 0 Å². The molecule has 0 atom stereocenters. The van der Waals surface area contributed by atoms with Gasteiger partial charge in [-0.2, -0.15) is 0 Å². The minimum Gasteiger partial charge on any atom is -0.311 e. The topological polar surface area (TPSA) is 57.8 Å².